The minimum Gasteiger partial charge on any atom is -0.384 e. The Kier molecular flexibility index (Phi) is 7.47. The molecule has 5 rings (SSSR count). The SMILES string of the molecule is C[C@@H](O)C(=O)N1CCC(N2CC(n3cc(NC(=O)c4cccc(C5CCNN5)n4)c(C(F)F)n3)C2)CC1. The van der Waals surface area contributed by atoms with Gasteiger partial charge in [-0.2, -0.15) is 5.10 Å². The van der Waals surface area contributed by atoms with E-state index in [-0.39, 0.29) is 29.4 Å². The summed E-state index contributed by atoms with van der Waals surface area (Å²) in [4.78, 5) is 33.2. The highest BCUT2D eigenvalue weighted by Gasteiger charge is 2.37. The number of aliphatic hydroxyl groups is 1. The first-order valence-electron chi connectivity index (χ1n) is 12.6. The van der Waals surface area contributed by atoms with Gasteiger partial charge in [-0.15, -0.1) is 0 Å². The van der Waals surface area contributed by atoms with Crippen molar-refractivity contribution in [1.82, 2.24) is 35.4 Å². The zero-order valence-electron chi connectivity index (χ0n) is 20.6. The van der Waals surface area contributed by atoms with Crippen LogP contribution >= 0.6 is 0 Å². The van der Waals surface area contributed by atoms with Crippen LogP contribution < -0.4 is 16.2 Å². The zero-order chi connectivity index (χ0) is 26.1. The zero-order valence-corrected chi connectivity index (χ0v) is 20.6. The van der Waals surface area contributed by atoms with Crippen LogP contribution in [0.3, 0.4) is 0 Å². The molecule has 3 saturated heterocycles. The molecular weight excluding hydrogens is 486 g/mol. The van der Waals surface area contributed by atoms with Gasteiger partial charge in [0.1, 0.15) is 11.8 Å². The first-order valence-corrected chi connectivity index (χ1v) is 12.6. The molecule has 2 atom stereocenters. The third kappa shape index (κ3) is 5.49. The second-order valence-electron chi connectivity index (χ2n) is 9.86. The Labute approximate surface area is 213 Å². The van der Waals surface area contributed by atoms with E-state index in [0.29, 0.717) is 37.9 Å². The van der Waals surface area contributed by atoms with Gasteiger partial charge in [0.05, 0.1) is 23.5 Å². The van der Waals surface area contributed by atoms with E-state index >= 15 is 0 Å². The summed E-state index contributed by atoms with van der Waals surface area (Å²) in [6.45, 7) is 4.75. The number of anilines is 1. The Morgan fingerprint density at radius 3 is 2.57 bits per heavy atom. The van der Waals surface area contributed by atoms with Gasteiger partial charge in [0.25, 0.3) is 18.2 Å². The summed E-state index contributed by atoms with van der Waals surface area (Å²) in [5.74, 6) is -0.817. The van der Waals surface area contributed by atoms with Crippen LogP contribution in [-0.4, -0.2) is 86.4 Å². The third-order valence-electron chi connectivity index (χ3n) is 7.32. The minimum absolute atomic E-state index is 0.0142. The summed E-state index contributed by atoms with van der Waals surface area (Å²) in [5.41, 5.74) is 6.49. The Hall–Kier alpha value is -3.00. The largest absolute Gasteiger partial charge is 0.384 e. The number of carbonyl (C=O) groups is 2. The topological polar surface area (TPSA) is 128 Å². The molecular formula is C24H32F2N8O3. The number of likely N-dealkylation sites (tertiary alicyclic amines) is 2. The average Bonchev–Trinajstić information content (AvgIpc) is 3.54. The van der Waals surface area contributed by atoms with Gasteiger partial charge in [0.2, 0.25) is 0 Å². The average molecular weight is 519 g/mol. The predicted molar refractivity (Wildman–Crippen MR) is 130 cm³/mol. The number of aromatic nitrogens is 3. The van der Waals surface area contributed by atoms with E-state index in [1.54, 1.807) is 17.0 Å². The second kappa shape index (κ2) is 10.8. The van der Waals surface area contributed by atoms with Crippen molar-refractivity contribution in [3.05, 3.63) is 41.5 Å². The standard InChI is InChI=1S/C24H32F2N8O3/c1-14(35)24(37)32-9-6-15(7-10-32)33-11-16(12-33)34-13-20(21(31-34)22(25)26)29-23(36)19-4-2-3-17(28-19)18-5-8-27-30-18/h2-4,13-16,18,22,27,30,35H,5-12H2,1H3,(H,29,36)/t14-,18?/m1/s1. The highest BCUT2D eigenvalue weighted by molar-refractivity contribution is 6.03. The number of piperidine rings is 1. The molecule has 5 heterocycles. The molecule has 0 bridgehead atoms. The van der Waals surface area contributed by atoms with Gasteiger partial charge in [-0.1, -0.05) is 6.07 Å². The Morgan fingerprint density at radius 2 is 1.92 bits per heavy atom. The first kappa shape index (κ1) is 25.6. The molecule has 0 aromatic carbocycles. The van der Waals surface area contributed by atoms with Crippen LogP contribution in [-0.2, 0) is 4.79 Å². The van der Waals surface area contributed by atoms with E-state index in [2.05, 4.69) is 31.2 Å². The number of rotatable bonds is 7. The summed E-state index contributed by atoms with van der Waals surface area (Å²) in [6, 6.07) is 5.30. The lowest BCUT2D eigenvalue weighted by atomic mass is 9.97. The molecule has 37 heavy (non-hydrogen) atoms. The number of hydrogen-bond donors (Lipinski definition) is 4. The molecule has 0 radical (unpaired) electrons. The van der Waals surface area contributed by atoms with Crippen molar-refractivity contribution in [1.29, 1.82) is 0 Å². The first-order chi connectivity index (χ1) is 17.8. The number of alkyl halides is 2. The molecule has 4 N–H and O–H groups in total. The highest BCUT2D eigenvalue weighted by Crippen LogP contribution is 2.32. The van der Waals surface area contributed by atoms with Crippen molar-refractivity contribution >= 4 is 17.5 Å². The fourth-order valence-corrected chi connectivity index (χ4v) is 5.18. The summed E-state index contributed by atoms with van der Waals surface area (Å²) in [6.07, 6.45) is 0.0650. The van der Waals surface area contributed by atoms with Crippen molar-refractivity contribution in [3.63, 3.8) is 0 Å². The Balaban J connectivity index is 1.20. The summed E-state index contributed by atoms with van der Waals surface area (Å²) >= 11 is 0. The van der Waals surface area contributed by atoms with Gasteiger partial charge in [0.15, 0.2) is 5.69 Å². The van der Waals surface area contributed by atoms with Crippen LogP contribution in [0.2, 0.25) is 0 Å². The predicted octanol–water partition coefficient (Wildman–Crippen LogP) is 1.24. The van der Waals surface area contributed by atoms with Gasteiger partial charge in [0, 0.05) is 45.0 Å². The summed E-state index contributed by atoms with van der Waals surface area (Å²) in [5, 5.41) is 16.2. The number of amides is 2. The molecule has 3 fully saturated rings. The summed E-state index contributed by atoms with van der Waals surface area (Å²) < 4.78 is 29.0. The Bertz CT molecular complexity index is 1120. The monoisotopic (exact) mass is 518 g/mol. The van der Waals surface area contributed by atoms with Gasteiger partial charge in [-0.25, -0.2) is 19.2 Å². The van der Waals surface area contributed by atoms with Crippen molar-refractivity contribution < 1.29 is 23.5 Å². The molecule has 2 aromatic heterocycles. The highest BCUT2D eigenvalue weighted by atomic mass is 19.3. The fraction of sp³-hybridized carbons (Fsp3) is 0.583. The molecule has 3 aliphatic heterocycles. The van der Waals surface area contributed by atoms with E-state index < -0.39 is 24.1 Å². The number of halogens is 2. The maximum Gasteiger partial charge on any atom is 0.284 e. The van der Waals surface area contributed by atoms with Crippen molar-refractivity contribution in [2.24, 2.45) is 0 Å². The number of hydrazine groups is 1. The molecule has 1 unspecified atom stereocenters. The lowest BCUT2D eigenvalue weighted by Crippen LogP contribution is -2.56. The van der Waals surface area contributed by atoms with Crippen LogP contribution in [0, 0.1) is 0 Å². The number of nitrogens with zero attached hydrogens (tertiary/aromatic N) is 5. The van der Waals surface area contributed by atoms with Crippen LogP contribution in [0.25, 0.3) is 0 Å². The number of pyridine rings is 1. The number of aliphatic hydroxyl groups excluding tert-OH is 1. The molecule has 13 heteroatoms. The van der Waals surface area contributed by atoms with Crippen molar-refractivity contribution in [2.75, 3.05) is 38.0 Å². The molecule has 3 aliphatic rings. The normalized spacial score (nSPS) is 22.3. The molecule has 200 valence electrons. The van der Waals surface area contributed by atoms with Gasteiger partial charge in [-0.05, 0) is 38.3 Å². The molecule has 11 nitrogen and oxygen atoms in total. The quantitative estimate of drug-likeness (QED) is 0.431. The Morgan fingerprint density at radius 1 is 1.16 bits per heavy atom. The molecule has 2 amide bonds. The number of nitrogens with one attached hydrogen (secondary N) is 3. The van der Waals surface area contributed by atoms with Gasteiger partial charge in [-0.3, -0.25) is 24.6 Å². The van der Waals surface area contributed by atoms with E-state index in [0.717, 1.165) is 25.8 Å². The fourth-order valence-electron chi connectivity index (χ4n) is 5.18. The lowest BCUT2D eigenvalue weighted by Gasteiger charge is -2.47. The van der Waals surface area contributed by atoms with Crippen molar-refractivity contribution in [3.8, 4) is 0 Å². The van der Waals surface area contributed by atoms with Crippen LogP contribution in [0.5, 0.6) is 0 Å². The minimum atomic E-state index is -2.84. The van der Waals surface area contributed by atoms with E-state index in [1.807, 2.05) is 6.07 Å². The van der Waals surface area contributed by atoms with E-state index in [9.17, 15) is 23.5 Å². The third-order valence-corrected chi connectivity index (χ3v) is 7.32. The van der Waals surface area contributed by atoms with E-state index in [4.69, 9.17) is 0 Å². The maximum absolute atomic E-state index is 13.8. The molecule has 0 aliphatic carbocycles. The lowest BCUT2D eigenvalue weighted by molar-refractivity contribution is -0.141. The van der Waals surface area contributed by atoms with Gasteiger partial charge < -0.3 is 15.3 Å². The van der Waals surface area contributed by atoms with Crippen LogP contribution in [0.15, 0.2) is 24.4 Å². The molecule has 0 spiro atoms. The van der Waals surface area contributed by atoms with Crippen LogP contribution in [0.1, 0.15) is 66.6 Å². The van der Waals surface area contributed by atoms with E-state index in [1.165, 1.54) is 17.8 Å². The number of hydrogen-bond acceptors (Lipinski definition) is 8. The summed E-state index contributed by atoms with van der Waals surface area (Å²) in [7, 11) is 0. The molecule has 0 saturated carbocycles. The van der Waals surface area contributed by atoms with Gasteiger partial charge >= 0.3 is 0 Å². The number of carbonyl (C=O) groups excluding carboxylic acids is 2. The smallest absolute Gasteiger partial charge is 0.284 e. The maximum atomic E-state index is 13.8. The molecule has 2 aromatic rings. The van der Waals surface area contributed by atoms with Crippen molar-refractivity contribution in [2.45, 2.75) is 56.8 Å². The van der Waals surface area contributed by atoms with Crippen LogP contribution in [0.4, 0.5) is 14.5 Å². The second-order valence-corrected chi connectivity index (χ2v) is 9.86.